The average Bonchev–Trinajstić information content (AvgIpc) is 2.27. The fraction of sp³-hybridized carbons (Fsp3) is 0.538. The van der Waals surface area contributed by atoms with Crippen molar-refractivity contribution in [3.63, 3.8) is 0 Å². The zero-order valence-electron chi connectivity index (χ0n) is 10.3. The maximum atomic E-state index is 5.95. The molecule has 1 rings (SSSR count). The first-order chi connectivity index (χ1) is 8.09. The van der Waals surface area contributed by atoms with E-state index in [9.17, 15) is 0 Å². The van der Waals surface area contributed by atoms with E-state index in [4.69, 9.17) is 23.2 Å². The number of hydrogen-bond donors (Lipinski definition) is 1. The monoisotopic (exact) mass is 291 g/mol. The molecule has 0 atom stereocenters. The highest BCUT2D eigenvalue weighted by atomic mass is 35.5. The van der Waals surface area contributed by atoms with Gasteiger partial charge in [0.2, 0.25) is 0 Å². The Balaban J connectivity index is 2.16. The van der Waals surface area contributed by atoms with Crippen molar-refractivity contribution in [2.24, 2.45) is 5.92 Å². The van der Waals surface area contributed by atoms with Crippen molar-refractivity contribution in [3.8, 4) is 0 Å². The highest BCUT2D eigenvalue weighted by Gasteiger charge is 2.00. The molecule has 96 valence electrons. The summed E-state index contributed by atoms with van der Waals surface area (Å²) in [4.78, 5) is 1.17. The van der Waals surface area contributed by atoms with Crippen LogP contribution in [-0.2, 0) is 0 Å². The van der Waals surface area contributed by atoms with Crippen molar-refractivity contribution in [1.82, 2.24) is 5.32 Å². The summed E-state index contributed by atoms with van der Waals surface area (Å²) in [7, 11) is 0. The molecule has 0 spiro atoms. The third-order valence-corrected chi connectivity index (χ3v) is 4.07. The van der Waals surface area contributed by atoms with Gasteiger partial charge in [0.15, 0.2) is 0 Å². The Morgan fingerprint density at radius 1 is 1.18 bits per heavy atom. The molecular weight excluding hydrogens is 273 g/mol. The predicted molar refractivity (Wildman–Crippen MR) is 79.5 cm³/mol. The molecule has 0 saturated carbocycles. The van der Waals surface area contributed by atoms with Crippen LogP contribution in [-0.4, -0.2) is 18.8 Å². The van der Waals surface area contributed by atoms with Gasteiger partial charge in [-0.05, 0) is 37.1 Å². The second-order valence-electron chi connectivity index (χ2n) is 4.36. The van der Waals surface area contributed by atoms with Crippen molar-refractivity contribution in [1.29, 1.82) is 0 Å². The Labute approximate surface area is 118 Å². The van der Waals surface area contributed by atoms with E-state index in [1.165, 1.54) is 11.3 Å². The molecule has 0 aliphatic heterocycles. The number of rotatable bonds is 7. The summed E-state index contributed by atoms with van der Waals surface area (Å²) >= 11 is 13.6. The largest absolute Gasteiger partial charge is 0.316 e. The molecule has 17 heavy (non-hydrogen) atoms. The van der Waals surface area contributed by atoms with Crippen LogP contribution in [0.1, 0.15) is 20.3 Å². The summed E-state index contributed by atoms with van der Waals surface area (Å²) in [6, 6.07) is 5.77. The van der Waals surface area contributed by atoms with Gasteiger partial charge in [0.1, 0.15) is 0 Å². The molecular formula is C13H19Cl2NS. The van der Waals surface area contributed by atoms with Gasteiger partial charge < -0.3 is 5.32 Å². The fourth-order valence-corrected chi connectivity index (χ4v) is 2.53. The van der Waals surface area contributed by atoms with Gasteiger partial charge in [-0.15, -0.1) is 11.8 Å². The van der Waals surface area contributed by atoms with Crippen molar-refractivity contribution < 1.29 is 0 Å². The molecule has 0 aliphatic carbocycles. The summed E-state index contributed by atoms with van der Waals surface area (Å²) < 4.78 is 0. The molecule has 0 unspecified atom stereocenters. The lowest BCUT2D eigenvalue weighted by Gasteiger charge is -2.07. The first kappa shape index (κ1) is 15.2. The summed E-state index contributed by atoms with van der Waals surface area (Å²) in [6.07, 6.45) is 1.23. The zero-order chi connectivity index (χ0) is 12.7. The molecule has 0 aliphatic rings. The third-order valence-electron chi connectivity index (χ3n) is 2.34. The van der Waals surface area contributed by atoms with Gasteiger partial charge in [0.05, 0.1) is 10.0 Å². The standard InChI is InChI=1S/C13H19Cl2NS/c1-10(2)5-6-16-7-8-17-11-3-4-12(14)13(15)9-11/h3-4,9-10,16H,5-8H2,1-2H3. The van der Waals surface area contributed by atoms with Crippen LogP contribution in [0.15, 0.2) is 23.1 Å². The molecule has 1 aromatic rings. The van der Waals surface area contributed by atoms with Gasteiger partial charge in [-0.3, -0.25) is 0 Å². The first-order valence-corrected chi connectivity index (χ1v) is 7.62. The highest BCUT2D eigenvalue weighted by molar-refractivity contribution is 7.99. The average molecular weight is 292 g/mol. The number of benzene rings is 1. The lowest BCUT2D eigenvalue weighted by atomic mass is 10.1. The van der Waals surface area contributed by atoms with Crippen molar-refractivity contribution >= 4 is 35.0 Å². The van der Waals surface area contributed by atoms with Gasteiger partial charge in [0.25, 0.3) is 0 Å². The molecule has 0 saturated heterocycles. The van der Waals surface area contributed by atoms with E-state index >= 15 is 0 Å². The Morgan fingerprint density at radius 2 is 1.94 bits per heavy atom. The van der Waals surface area contributed by atoms with Crippen molar-refractivity contribution in [3.05, 3.63) is 28.2 Å². The highest BCUT2D eigenvalue weighted by Crippen LogP contribution is 2.27. The lowest BCUT2D eigenvalue weighted by Crippen LogP contribution is -2.19. The zero-order valence-corrected chi connectivity index (χ0v) is 12.6. The van der Waals surface area contributed by atoms with Gasteiger partial charge in [-0.2, -0.15) is 0 Å². The van der Waals surface area contributed by atoms with Crippen LogP contribution in [0.2, 0.25) is 10.0 Å². The maximum Gasteiger partial charge on any atom is 0.0603 e. The smallest absolute Gasteiger partial charge is 0.0603 e. The minimum Gasteiger partial charge on any atom is -0.316 e. The minimum absolute atomic E-state index is 0.617. The van der Waals surface area contributed by atoms with Crippen LogP contribution >= 0.6 is 35.0 Å². The van der Waals surface area contributed by atoms with E-state index in [1.807, 2.05) is 18.2 Å². The summed E-state index contributed by atoms with van der Waals surface area (Å²) in [5, 5.41) is 4.68. The van der Waals surface area contributed by atoms with Gasteiger partial charge in [0, 0.05) is 17.2 Å². The third kappa shape index (κ3) is 6.56. The van der Waals surface area contributed by atoms with E-state index in [-0.39, 0.29) is 0 Å². The van der Waals surface area contributed by atoms with Crippen LogP contribution < -0.4 is 5.32 Å². The van der Waals surface area contributed by atoms with E-state index < -0.39 is 0 Å². The molecule has 4 heteroatoms. The van der Waals surface area contributed by atoms with Crippen LogP contribution in [0.5, 0.6) is 0 Å². The molecule has 0 radical (unpaired) electrons. The van der Waals surface area contributed by atoms with E-state index in [2.05, 4.69) is 19.2 Å². The number of thioether (sulfide) groups is 1. The van der Waals surface area contributed by atoms with Gasteiger partial charge in [-0.25, -0.2) is 0 Å². The second kappa shape index (κ2) is 8.25. The molecule has 1 nitrogen and oxygen atoms in total. The molecule has 0 amide bonds. The van der Waals surface area contributed by atoms with Crippen molar-refractivity contribution in [2.75, 3.05) is 18.8 Å². The van der Waals surface area contributed by atoms with Crippen LogP contribution in [0.3, 0.4) is 0 Å². The Morgan fingerprint density at radius 3 is 2.59 bits per heavy atom. The molecule has 0 heterocycles. The van der Waals surface area contributed by atoms with E-state index in [0.29, 0.717) is 10.0 Å². The topological polar surface area (TPSA) is 12.0 Å². The van der Waals surface area contributed by atoms with E-state index in [0.717, 1.165) is 24.8 Å². The number of hydrogen-bond acceptors (Lipinski definition) is 2. The van der Waals surface area contributed by atoms with E-state index in [1.54, 1.807) is 11.8 Å². The predicted octanol–water partition coefficient (Wildman–Crippen LogP) is 4.72. The Bertz CT molecular complexity index is 342. The summed E-state index contributed by atoms with van der Waals surface area (Å²) in [5.74, 6) is 1.82. The van der Waals surface area contributed by atoms with Crippen LogP contribution in [0, 0.1) is 5.92 Å². The summed E-state index contributed by atoms with van der Waals surface area (Å²) in [6.45, 7) is 6.61. The fourth-order valence-electron chi connectivity index (χ4n) is 1.32. The molecule has 0 bridgehead atoms. The van der Waals surface area contributed by atoms with Gasteiger partial charge in [-0.1, -0.05) is 37.0 Å². The minimum atomic E-state index is 0.617. The second-order valence-corrected chi connectivity index (χ2v) is 6.34. The Hall–Kier alpha value is 0.110. The molecule has 1 aromatic carbocycles. The summed E-state index contributed by atoms with van der Waals surface area (Å²) in [5.41, 5.74) is 0. The number of halogens is 2. The normalized spacial score (nSPS) is 11.1. The number of nitrogens with one attached hydrogen (secondary N) is 1. The quantitative estimate of drug-likeness (QED) is 0.576. The molecule has 0 fully saturated rings. The van der Waals surface area contributed by atoms with Crippen molar-refractivity contribution in [2.45, 2.75) is 25.2 Å². The molecule has 1 N–H and O–H groups in total. The van der Waals surface area contributed by atoms with Crippen LogP contribution in [0.4, 0.5) is 0 Å². The lowest BCUT2D eigenvalue weighted by molar-refractivity contribution is 0.547. The van der Waals surface area contributed by atoms with Gasteiger partial charge >= 0.3 is 0 Å². The first-order valence-electron chi connectivity index (χ1n) is 5.88. The SMILES string of the molecule is CC(C)CCNCCSc1ccc(Cl)c(Cl)c1. The Kier molecular flexibility index (Phi) is 7.36. The maximum absolute atomic E-state index is 5.95. The molecule has 0 aromatic heterocycles. The van der Waals surface area contributed by atoms with Crippen LogP contribution in [0.25, 0.3) is 0 Å².